The third-order valence-corrected chi connectivity index (χ3v) is 6.31. The maximum absolute atomic E-state index is 13.4. The zero-order valence-corrected chi connectivity index (χ0v) is 19.0. The monoisotopic (exact) mass is 477 g/mol. The van der Waals surface area contributed by atoms with Gasteiger partial charge in [-0.05, 0) is 62.1 Å². The predicted octanol–water partition coefficient (Wildman–Crippen LogP) is 3.55. The normalized spacial score (nSPS) is 11.5. The van der Waals surface area contributed by atoms with Gasteiger partial charge in [0, 0.05) is 19.0 Å². The van der Waals surface area contributed by atoms with E-state index in [0.717, 1.165) is 0 Å². The number of hydrogen-bond acceptors (Lipinski definition) is 6. The summed E-state index contributed by atoms with van der Waals surface area (Å²) >= 11 is 0. The molecule has 1 amide bonds. The molecule has 0 unspecified atom stereocenters. The second-order valence-corrected chi connectivity index (χ2v) is 9.36. The number of carboxylic acids is 1. The number of aliphatic carboxylic acids is 1. The van der Waals surface area contributed by atoms with Crippen LogP contribution in [0.25, 0.3) is 22.4 Å². The summed E-state index contributed by atoms with van der Waals surface area (Å²) in [6, 6.07) is 7.02. The van der Waals surface area contributed by atoms with Crippen LogP contribution in [0.1, 0.15) is 42.1 Å². The fraction of sp³-hybridized carbons (Fsp3) is 0.318. The number of halogens is 1. The van der Waals surface area contributed by atoms with Crippen LogP contribution in [0.2, 0.25) is 0 Å². The van der Waals surface area contributed by atoms with Crippen LogP contribution in [0.4, 0.5) is 10.2 Å². The van der Waals surface area contributed by atoms with Gasteiger partial charge in [0.1, 0.15) is 17.4 Å². The molecule has 1 aromatic carbocycles. The molecule has 33 heavy (non-hydrogen) atoms. The van der Waals surface area contributed by atoms with Crippen LogP contribution < -0.4 is 10.0 Å². The molecule has 2 heterocycles. The average molecular weight is 478 g/mol. The Morgan fingerprint density at radius 1 is 1.18 bits per heavy atom. The van der Waals surface area contributed by atoms with Gasteiger partial charge in [-0.2, -0.15) is 4.98 Å². The number of carbonyl (C=O) groups is 2. The Kier molecular flexibility index (Phi) is 7.32. The summed E-state index contributed by atoms with van der Waals surface area (Å²) < 4.78 is 46.1. The molecule has 11 heteroatoms. The standard InChI is InChI=1S/C22H24FN3O6S/c1-3-33(30,31)26-20-14(6-4-5-7-17(27)28)12-16-18(21(29)24-2)19(32-22(16)25-20)13-8-10-15(23)11-9-13/h8-12H,3-7H2,1-2H3,(H,24,29)(H,25,26)(H,27,28). The van der Waals surface area contributed by atoms with Gasteiger partial charge in [0.25, 0.3) is 5.91 Å². The summed E-state index contributed by atoms with van der Waals surface area (Å²) in [4.78, 5) is 27.8. The van der Waals surface area contributed by atoms with Gasteiger partial charge in [-0.3, -0.25) is 14.3 Å². The molecule has 0 bridgehead atoms. The van der Waals surface area contributed by atoms with Crippen LogP contribution in [-0.4, -0.2) is 43.2 Å². The number of carboxylic acid groups (broad SMARTS) is 1. The Morgan fingerprint density at radius 3 is 2.48 bits per heavy atom. The minimum atomic E-state index is -3.66. The third kappa shape index (κ3) is 5.67. The number of benzene rings is 1. The lowest BCUT2D eigenvalue weighted by Crippen LogP contribution is -2.19. The molecule has 0 saturated carbocycles. The van der Waals surface area contributed by atoms with E-state index in [1.807, 2.05) is 0 Å². The predicted molar refractivity (Wildman–Crippen MR) is 121 cm³/mol. The highest BCUT2D eigenvalue weighted by atomic mass is 32.2. The van der Waals surface area contributed by atoms with Crippen molar-refractivity contribution in [2.75, 3.05) is 17.5 Å². The first-order valence-corrected chi connectivity index (χ1v) is 12.0. The highest BCUT2D eigenvalue weighted by Crippen LogP contribution is 2.35. The maximum atomic E-state index is 13.4. The molecule has 3 N–H and O–H groups in total. The van der Waals surface area contributed by atoms with E-state index < -0.39 is 27.7 Å². The van der Waals surface area contributed by atoms with Gasteiger partial charge in [0.05, 0.1) is 16.7 Å². The van der Waals surface area contributed by atoms with Crippen molar-refractivity contribution in [1.29, 1.82) is 0 Å². The van der Waals surface area contributed by atoms with Crippen molar-refractivity contribution in [3.8, 4) is 11.3 Å². The first-order chi connectivity index (χ1) is 15.6. The number of fused-ring (bicyclic) bond motifs is 1. The number of nitrogens with one attached hydrogen (secondary N) is 2. The van der Waals surface area contributed by atoms with Crippen LogP contribution in [-0.2, 0) is 21.2 Å². The molecule has 0 aliphatic heterocycles. The fourth-order valence-electron chi connectivity index (χ4n) is 3.31. The summed E-state index contributed by atoms with van der Waals surface area (Å²) in [6.45, 7) is 1.48. The molecule has 0 saturated heterocycles. The topological polar surface area (TPSA) is 139 Å². The van der Waals surface area contributed by atoms with Gasteiger partial charge in [-0.1, -0.05) is 0 Å². The molecule has 3 aromatic rings. The van der Waals surface area contributed by atoms with Crippen LogP contribution in [0.3, 0.4) is 0 Å². The number of unbranched alkanes of at least 4 members (excludes halogenated alkanes) is 1. The Labute approximate surface area is 190 Å². The number of nitrogens with zero attached hydrogens (tertiary/aromatic N) is 1. The summed E-state index contributed by atoms with van der Waals surface area (Å²) in [7, 11) is -2.20. The molecule has 0 radical (unpaired) electrons. The smallest absolute Gasteiger partial charge is 0.303 e. The lowest BCUT2D eigenvalue weighted by Gasteiger charge is -2.11. The quantitative estimate of drug-likeness (QED) is 0.380. The van der Waals surface area contributed by atoms with Crippen LogP contribution in [0.5, 0.6) is 0 Å². The number of furan rings is 1. The summed E-state index contributed by atoms with van der Waals surface area (Å²) in [5.41, 5.74) is 1.17. The van der Waals surface area contributed by atoms with Crippen LogP contribution in [0.15, 0.2) is 34.7 Å². The Hall–Kier alpha value is -3.47. The molecule has 0 atom stereocenters. The summed E-state index contributed by atoms with van der Waals surface area (Å²) in [5, 5.41) is 11.8. The number of sulfonamides is 1. The summed E-state index contributed by atoms with van der Waals surface area (Å²) in [5.74, 6) is -1.76. The molecule has 0 aliphatic rings. The maximum Gasteiger partial charge on any atom is 0.303 e. The van der Waals surface area contributed by atoms with Crippen molar-refractivity contribution in [3.05, 3.63) is 47.3 Å². The highest BCUT2D eigenvalue weighted by molar-refractivity contribution is 7.92. The third-order valence-electron chi connectivity index (χ3n) is 5.04. The average Bonchev–Trinajstić information content (AvgIpc) is 3.14. The number of pyridine rings is 1. The molecule has 2 aromatic heterocycles. The van der Waals surface area contributed by atoms with Crippen molar-refractivity contribution < 1.29 is 31.9 Å². The fourth-order valence-corrected chi connectivity index (χ4v) is 3.93. The number of carbonyl (C=O) groups excluding carboxylic acids is 1. The molecule has 0 aliphatic carbocycles. The van der Waals surface area contributed by atoms with Crippen LogP contribution in [0, 0.1) is 5.82 Å². The Morgan fingerprint density at radius 2 is 1.88 bits per heavy atom. The van der Waals surface area contributed by atoms with E-state index in [1.54, 1.807) is 6.07 Å². The van der Waals surface area contributed by atoms with Gasteiger partial charge < -0.3 is 14.8 Å². The molecular weight excluding hydrogens is 453 g/mol. The lowest BCUT2D eigenvalue weighted by molar-refractivity contribution is -0.137. The molecule has 3 rings (SSSR count). The van der Waals surface area contributed by atoms with E-state index in [4.69, 9.17) is 9.52 Å². The van der Waals surface area contributed by atoms with Crippen molar-refractivity contribution in [3.63, 3.8) is 0 Å². The SMILES string of the molecule is CCS(=O)(=O)Nc1nc2oc(-c3ccc(F)cc3)c(C(=O)NC)c2cc1CCCCC(=O)O. The van der Waals surface area contributed by atoms with Crippen molar-refractivity contribution in [1.82, 2.24) is 10.3 Å². The second kappa shape index (κ2) is 9.99. The number of aryl methyl sites for hydroxylation is 1. The molecular formula is C22H24FN3O6S. The number of hydrogen-bond donors (Lipinski definition) is 3. The van der Waals surface area contributed by atoms with E-state index in [1.165, 1.54) is 38.2 Å². The minimum absolute atomic E-state index is 0.0182. The Bertz CT molecular complexity index is 1290. The number of aromatic nitrogens is 1. The van der Waals surface area contributed by atoms with E-state index in [9.17, 15) is 22.4 Å². The molecule has 176 valence electrons. The zero-order chi connectivity index (χ0) is 24.2. The van der Waals surface area contributed by atoms with E-state index in [2.05, 4.69) is 15.0 Å². The van der Waals surface area contributed by atoms with Gasteiger partial charge in [0.15, 0.2) is 0 Å². The first kappa shape index (κ1) is 24.2. The molecule has 0 fully saturated rings. The van der Waals surface area contributed by atoms with Crippen molar-refractivity contribution >= 4 is 38.8 Å². The highest BCUT2D eigenvalue weighted by Gasteiger charge is 2.25. The van der Waals surface area contributed by atoms with Crippen molar-refractivity contribution in [2.45, 2.75) is 32.6 Å². The first-order valence-electron chi connectivity index (χ1n) is 10.3. The lowest BCUT2D eigenvalue weighted by atomic mass is 10.0. The Balaban J connectivity index is 2.16. The van der Waals surface area contributed by atoms with E-state index >= 15 is 0 Å². The second-order valence-electron chi connectivity index (χ2n) is 7.35. The van der Waals surface area contributed by atoms with Gasteiger partial charge in [0.2, 0.25) is 15.7 Å². The molecule has 9 nitrogen and oxygen atoms in total. The number of amides is 1. The largest absolute Gasteiger partial charge is 0.481 e. The van der Waals surface area contributed by atoms with Crippen LogP contribution >= 0.6 is 0 Å². The zero-order valence-electron chi connectivity index (χ0n) is 18.1. The van der Waals surface area contributed by atoms with Crippen molar-refractivity contribution in [2.24, 2.45) is 0 Å². The van der Waals surface area contributed by atoms with Gasteiger partial charge in [-0.25, -0.2) is 12.8 Å². The number of rotatable bonds is 10. The van der Waals surface area contributed by atoms with E-state index in [-0.39, 0.29) is 35.0 Å². The van der Waals surface area contributed by atoms with E-state index in [0.29, 0.717) is 35.8 Å². The number of anilines is 1. The van der Waals surface area contributed by atoms with Gasteiger partial charge in [-0.15, -0.1) is 0 Å². The molecule has 0 spiro atoms. The summed E-state index contributed by atoms with van der Waals surface area (Å²) in [6.07, 6.45) is 1.18. The van der Waals surface area contributed by atoms with Gasteiger partial charge >= 0.3 is 5.97 Å². The minimum Gasteiger partial charge on any atom is -0.481 e.